The zero-order chi connectivity index (χ0) is 14.7. The van der Waals surface area contributed by atoms with Gasteiger partial charge in [0.05, 0.1) is 5.02 Å². The molecule has 0 bridgehead atoms. The molecule has 1 nitrogen and oxygen atoms in total. The summed E-state index contributed by atoms with van der Waals surface area (Å²) in [7, 11) is 1.91. The van der Waals surface area contributed by atoms with E-state index in [0.29, 0.717) is 0 Å². The summed E-state index contributed by atoms with van der Waals surface area (Å²) in [5.74, 6) is -0.388. The van der Waals surface area contributed by atoms with E-state index >= 15 is 0 Å². The number of rotatable bonds is 4. The van der Waals surface area contributed by atoms with Gasteiger partial charge < -0.3 is 5.32 Å². The van der Waals surface area contributed by atoms with Crippen LogP contribution in [0.25, 0.3) is 0 Å². The highest BCUT2D eigenvalue weighted by molar-refractivity contribution is 9.11. The quantitative estimate of drug-likeness (QED) is 0.687. The van der Waals surface area contributed by atoms with E-state index in [-0.39, 0.29) is 16.9 Å². The normalized spacial score (nSPS) is 12.4. The lowest BCUT2D eigenvalue weighted by Crippen LogP contribution is -2.19. The fraction of sp³-hybridized carbons (Fsp3) is 0.200. The van der Waals surface area contributed by atoms with Crippen LogP contribution in [-0.4, -0.2) is 7.05 Å². The van der Waals surface area contributed by atoms with Crippen molar-refractivity contribution >= 4 is 43.5 Å². The number of halogens is 4. The first-order valence-corrected chi connectivity index (χ1v) is 8.04. The first kappa shape index (κ1) is 16.0. The van der Waals surface area contributed by atoms with Crippen LogP contribution in [-0.2, 0) is 6.42 Å². The fourth-order valence-corrected chi connectivity index (χ4v) is 3.58. The van der Waals surface area contributed by atoms with Gasteiger partial charge in [-0.3, -0.25) is 0 Å². The smallest absolute Gasteiger partial charge is 0.141 e. The van der Waals surface area contributed by atoms with Gasteiger partial charge in [0.2, 0.25) is 0 Å². The minimum absolute atomic E-state index is 0.124. The Morgan fingerprint density at radius 1 is 1.20 bits per heavy atom. The largest absolute Gasteiger partial charge is 0.313 e. The van der Waals surface area contributed by atoms with Crippen LogP contribution >= 0.6 is 43.5 Å². The summed E-state index contributed by atoms with van der Waals surface area (Å²) < 4.78 is 15.2. The maximum Gasteiger partial charge on any atom is 0.141 e. The van der Waals surface area contributed by atoms with Crippen molar-refractivity contribution in [3.05, 3.63) is 67.3 Å². The van der Waals surface area contributed by atoms with Gasteiger partial charge in [0.1, 0.15) is 5.82 Å². The summed E-state index contributed by atoms with van der Waals surface area (Å²) >= 11 is 12.8. The molecule has 0 radical (unpaired) electrons. The van der Waals surface area contributed by atoms with Crippen molar-refractivity contribution in [2.24, 2.45) is 0 Å². The van der Waals surface area contributed by atoms with Crippen LogP contribution < -0.4 is 5.32 Å². The lowest BCUT2D eigenvalue weighted by molar-refractivity contribution is 0.587. The van der Waals surface area contributed by atoms with Crippen molar-refractivity contribution in [2.75, 3.05) is 7.05 Å². The molecule has 106 valence electrons. The van der Waals surface area contributed by atoms with Crippen LogP contribution in [0.15, 0.2) is 45.3 Å². The molecule has 0 amide bonds. The van der Waals surface area contributed by atoms with Crippen molar-refractivity contribution in [1.82, 2.24) is 5.32 Å². The van der Waals surface area contributed by atoms with E-state index in [1.807, 2.05) is 19.2 Å². The van der Waals surface area contributed by atoms with E-state index in [9.17, 15) is 4.39 Å². The van der Waals surface area contributed by atoms with E-state index in [0.717, 1.165) is 26.5 Å². The van der Waals surface area contributed by atoms with Crippen LogP contribution in [0.5, 0.6) is 0 Å². The van der Waals surface area contributed by atoms with Gasteiger partial charge in [-0.2, -0.15) is 0 Å². The van der Waals surface area contributed by atoms with E-state index in [2.05, 4.69) is 43.2 Å². The van der Waals surface area contributed by atoms with Gasteiger partial charge in [-0.1, -0.05) is 55.6 Å². The average Bonchev–Trinajstić information content (AvgIpc) is 2.41. The molecule has 0 heterocycles. The molecular weight excluding hydrogens is 408 g/mol. The third-order valence-electron chi connectivity index (χ3n) is 3.11. The van der Waals surface area contributed by atoms with Gasteiger partial charge in [0.15, 0.2) is 0 Å². The molecule has 1 unspecified atom stereocenters. The Kier molecular flexibility index (Phi) is 5.61. The molecule has 2 aromatic carbocycles. The number of hydrogen-bond donors (Lipinski definition) is 1. The minimum Gasteiger partial charge on any atom is -0.313 e. The summed E-state index contributed by atoms with van der Waals surface area (Å²) in [6, 6.07) is 11.0. The van der Waals surface area contributed by atoms with Crippen molar-refractivity contribution in [1.29, 1.82) is 0 Å². The van der Waals surface area contributed by atoms with Gasteiger partial charge in [0.25, 0.3) is 0 Å². The van der Waals surface area contributed by atoms with Gasteiger partial charge in [-0.05, 0) is 48.9 Å². The van der Waals surface area contributed by atoms with Crippen LogP contribution in [0.2, 0.25) is 5.02 Å². The second-order valence-electron chi connectivity index (χ2n) is 4.46. The third kappa shape index (κ3) is 3.82. The predicted molar refractivity (Wildman–Crippen MR) is 88.8 cm³/mol. The lowest BCUT2D eigenvalue weighted by atomic mass is 9.99. The Labute approximate surface area is 139 Å². The minimum atomic E-state index is -0.388. The molecule has 0 aromatic heterocycles. The standard InChI is InChI=1S/C15H13Br2ClFN/c1-20-15(11-4-3-10(16)8-12(11)17)7-9-2-5-14(19)13(18)6-9/h2-6,8,15,20H,7H2,1H3. The topological polar surface area (TPSA) is 12.0 Å². The molecule has 20 heavy (non-hydrogen) atoms. The molecule has 1 atom stereocenters. The van der Waals surface area contributed by atoms with Crippen LogP contribution in [0.1, 0.15) is 17.2 Å². The van der Waals surface area contributed by atoms with Crippen molar-refractivity contribution in [3.8, 4) is 0 Å². The Hall–Kier alpha value is -0.420. The molecule has 0 saturated heterocycles. The highest BCUT2D eigenvalue weighted by Gasteiger charge is 2.14. The number of hydrogen-bond acceptors (Lipinski definition) is 1. The first-order chi connectivity index (χ1) is 9.51. The SMILES string of the molecule is CNC(Cc1ccc(F)c(Cl)c1)c1ccc(Br)cc1Br. The predicted octanol–water partition coefficient (Wildman–Crippen LogP) is 5.51. The number of likely N-dealkylation sites (N-methyl/N-ethyl adjacent to an activating group) is 1. The Morgan fingerprint density at radius 2 is 1.95 bits per heavy atom. The van der Waals surface area contributed by atoms with E-state index < -0.39 is 0 Å². The second-order valence-corrected chi connectivity index (χ2v) is 6.64. The molecule has 5 heteroatoms. The highest BCUT2D eigenvalue weighted by atomic mass is 79.9. The van der Waals surface area contributed by atoms with E-state index in [4.69, 9.17) is 11.6 Å². The second kappa shape index (κ2) is 7.03. The van der Waals surface area contributed by atoms with Crippen molar-refractivity contribution in [3.63, 3.8) is 0 Å². The van der Waals surface area contributed by atoms with Gasteiger partial charge in [-0.25, -0.2) is 4.39 Å². The zero-order valence-electron chi connectivity index (χ0n) is 10.8. The van der Waals surface area contributed by atoms with Crippen molar-refractivity contribution in [2.45, 2.75) is 12.5 Å². The van der Waals surface area contributed by atoms with Crippen molar-refractivity contribution < 1.29 is 4.39 Å². The zero-order valence-corrected chi connectivity index (χ0v) is 14.7. The lowest BCUT2D eigenvalue weighted by Gasteiger charge is -2.19. The number of benzene rings is 2. The Morgan fingerprint density at radius 3 is 2.55 bits per heavy atom. The summed E-state index contributed by atoms with van der Waals surface area (Å²) in [4.78, 5) is 0. The Bertz CT molecular complexity index is 619. The van der Waals surface area contributed by atoms with Gasteiger partial charge in [-0.15, -0.1) is 0 Å². The molecule has 0 fully saturated rings. The molecular formula is C15H13Br2ClFN. The first-order valence-electron chi connectivity index (χ1n) is 6.07. The maximum absolute atomic E-state index is 13.2. The maximum atomic E-state index is 13.2. The van der Waals surface area contributed by atoms with Gasteiger partial charge >= 0.3 is 0 Å². The molecule has 0 saturated carbocycles. The third-order valence-corrected chi connectivity index (χ3v) is 4.58. The summed E-state index contributed by atoms with van der Waals surface area (Å²) in [6.07, 6.45) is 0.733. The molecule has 0 aliphatic rings. The monoisotopic (exact) mass is 419 g/mol. The Balaban J connectivity index is 2.26. The van der Waals surface area contributed by atoms with Gasteiger partial charge in [0, 0.05) is 15.0 Å². The molecule has 0 aliphatic heterocycles. The molecule has 1 N–H and O–H groups in total. The van der Waals surface area contributed by atoms with E-state index in [1.165, 1.54) is 6.07 Å². The fourth-order valence-electron chi connectivity index (χ4n) is 2.05. The number of nitrogens with one attached hydrogen (secondary N) is 1. The molecule has 2 aromatic rings. The molecule has 0 aliphatic carbocycles. The van der Waals surface area contributed by atoms with E-state index in [1.54, 1.807) is 12.1 Å². The van der Waals surface area contributed by atoms with Crippen LogP contribution in [0.3, 0.4) is 0 Å². The summed E-state index contributed by atoms with van der Waals surface area (Å²) in [5, 5.41) is 3.44. The molecule has 2 rings (SSSR count). The van der Waals surface area contributed by atoms with Crippen LogP contribution in [0, 0.1) is 5.82 Å². The summed E-state index contributed by atoms with van der Waals surface area (Å²) in [6.45, 7) is 0. The highest BCUT2D eigenvalue weighted by Crippen LogP contribution is 2.29. The average molecular weight is 422 g/mol. The van der Waals surface area contributed by atoms with Crippen LogP contribution in [0.4, 0.5) is 4.39 Å². The molecule has 0 spiro atoms. The summed E-state index contributed by atoms with van der Waals surface area (Å²) in [5.41, 5.74) is 2.14.